The molecule has 120 valence electrons. The van der Waals surface area contributed by atoms with Gasteiger partial charge in [-0.2, -0.15) is 0 Å². The van der Waals surface area contributed by atoms with Gasteiger partial charge in [-0.25, -0.2) is 13.4 Å². The zero-order chi connectivity index (χ0) is 16.0. The maximum atomic E-state index is 11.2. The van der Waals surface area contributed by atoms with Gasteiger partial charge in [0.2, 0.25) is 0 Å². The van der Waals surface area contributed by atoms with Gasteiger partial charge in [0.25, 0.3) is 0 Å². The maximum Gasteiger partial charge on any atom is 0.149 e. The molecule has 0 aromatic carbocycles. The molecule has 5 nitrogen and oxygen atoms in total. The van der Waals surface area contributed by atoms with Gasteiger partial charge in [0.15, 0.2) is 0 Å². The summed E-state index contributed by atoms with van der Waals surface area (Å²) < 4.78 is 22.4. The molecule has 0 aliphatic heterocycles. The summed E-state index contributed by atoms with van der Waals surface area (Å²) in [5, 5.41) is 3.87. The second-order valence-corrected chi connectivity index (χ2v) is 8.39. The van der Waals surface area contributed by atoms with E-state index in [0.29, 0.717) is 23.3 Å². The summed E-state index contributed by atoms with van der Waals surface area (Å²) in [5.41, 5.74) is 1.01. The molecule has 21 heavy (non-hydrogen) atoms. The molecule has 0 saturated heterocycles. The van der Waals surface area contributed by atoms with Crippen LogP contribution in [0.2, 0.25) is 5.02 Å². The SMILES string of the molecule is CC(C)CNCc1cnc(N(C)CCS(C)(=O)=O)c(Cl)c1. The Kier molecular flexibility index (Phi) is 6.90. The summed E-state index contributed by atoms with van der Waals surface area (Å²) in [6, 6.07) is 1.87. The minimum atomic E-state index is -2.99. The van der Waals surface area contributed by atoms with Crippen LogP contribution in [0, 0.1) is 5.92 Å². The average Bonchev–Trinajstić information content (AvgIpc) is 2.35. The first-order valence-electron chi connectivity index (χ1n) is 6.93. The van der Waals surface area contributed by atoms with Gasteiger partial charge in [0, 0.05) is 32.6 Å². The number of halogens is 1. The molecule has 0 amide bonds. The molecule has 1 aromatic heterocycles. The van der Waals surface area contributed by atoms with E-state index in [0.717, 1.165) is 18.7 Å². The monoisotopic (exact) mass is 333 g/mol. The van der Waals surface area contributed by atoms with Gasteiger partial charge < -0.3 is 10.2 Å². The first kappa shape index (κ1) is 18.2. The van der Waals surface area contributed by atoms with Gasteiger partial charge >= 0.3 is 0 Å². The van der Waals surface area contributed by atoms with Crippen molar-refractivity contribution >= 4 is 27.3 Å². The Hall–Kier alpha value is -0.850. The standard InChI is InChI=1S/C14H24ClN3O2S/c1-11(2)8-16-9-12-7-13(15)14(17-10-12)18(3)5-6-21(4,19)20/h7,10-11,16H,5-6,8-9H2,1-4H3. The van der Waals surface area contributed by atoms with Crippen LogP contribution in [0.5, 0.6) is 0 Å². The Morgan fingerprint density at radius 2 is 2.10 bits per heavy atom. The molecule has 0 spiro atoms. The Balaban J connectivity index is 2.64. The highest BCUT2D eigenvalue weighted by atomic mass is 35.5. The summed E-state index contributed by atoms with van der Waals surface area (Å²) >= 11 is 6.23. The average molecular weight is 334 g/mol. The number of hydrogen-bond acceptors (Lipinski definition) is 5. The normalized spacial score (nSPS) is 11.9. The lowest BCUT2D eigenvalue weighted by Crippen LogP contribution is -2.26. The van der Waals surface area contributed by atoms with Crippen molar-refractivity contribution in [2.75, 3.05) is 37.0 Å². The van der Waals surface area contributed by atoms with Crippen LogP contribution in [0.25, 0.3) is 0 Å². The smallest absolute Gasteiger partial charge is 0.149 e. The second-order valence-electron chi connectivity index (χ2n) is 5.73. The van der Waals surface area contributed by atoms with E-state index in [-0.39, 0.29) is 5.75 Å². The van der Waals surface area contributed by atoms with Gasteiger partial charge in [0.1, 0.15) is 15.7 Å². The number of rotatable bonds is 8. The Morgan fingerprint density at radius 1 is 1.43 bits per heavy atom. The lowest BCUT2D eigenvalue weighted by Gasteiger charge is -2.19. The third-order valence-corrected chi connectivity index (χ3v) is 4.12. The molecule has 0 saturated carbocycles. The number of aromatic nitrogens is 1. The second kappa shape index (κ2) is 7.96. The van der Waals surface area contributed by atoms with Crippen molar-refractivity contribution in [2.45, 2.75) is 20.4 Å². The van der Waals surface area contributed by atoms with Crippen LogP contribution in [-0.4, -0.2) is 45.5 Å². The quantitative estimate of drug-likeness (QED) is 0.788. The van der Waals surface area contributed by atoms with Crippen molar-refractivity contribution in [3.63, 3.8) is 0 Å². The number of nitrogens with one attached hydrogen (secondary N) is 1. The van der Waals surface area contributed by atoms with E-state index in [1.54, 1.807) is 18.1 Å². The van der Waals surface area contributed by atoms with Crippen molar-refractivity contribution in [1.29, 1.82) is 0 Å². The molecule has 0 aliphatic rings. The summed E-state index contributed by atoms with van der Waals surface area (Å²) in [7, 11) is -1.20. The Bertz CT molecular complexity index is 561. The van der Waals surface area contributed by atoms with E-state index in [9.17, 15) is 8.42 Å². The fraction of sp³-hybridized carbons (Fsp3) is 0.643. The zero-order valence-corrected chi connectivity index (χ0v) is 14.6. The topological polar surface area (TPSA) is 62.3 Å². The minimum absolute atomic E-state index is 0.0825. The number of hydrogen-bond donors (Lipinski definition) is 1. The van der Waals surface area contributed by atoms with Gasteiger partial charge in [0.05, 0.1) is 10.8 Å². The van der Waals surface area contributed by atoms with Crippen LogP contribution >= 0.6 is 11.6 Å². The third kappa shape index (κ3) is 7.11. The molecule has 0 fully saturated rings. The van der Waals surface area contributed by atoms with Crippen LogP contribution in [0.15, 0.2) is 12.3 Å². The van der Waals surface area contributed by atoms with E-state index in [2.05, 4.69) is 24.1 Å². The van der Waals surface area contributed by atoms with E-state index >= 15 is 0 Å². The van der Waals surface area contributed by atoms with Crippen molar-refractivity contribution in [3.8, 4) is 0 Å². The van der Waals surface area contributed by atoms with Crippen LogP contribution in [0.3, 0.4) is 0 Å². The van der Waals surface area contributed by atoms with Crippen molar-refractivity contribution in [3.05, 3.63) is 22.8 Å². The minimum Gasteiger partial charge on any atom is -0.357 e. The summed E-state index contributed by atoms with van der Waals surface area (Å²) in [4.78, 5) is 6.09. The Morgan fingerprint density at radius 3 is 2.62 bits per heavy atom. The fourth-order valence-electron chi connectivity index (χ4n) is 1.76. The molecule has 0 bridgehead atoms. The molecule has 1 aromatic rings. The summed E-state index contributed by atoms with van der Waals surface area (Å²) in [6.45, 7) is 6.33. The molecule has 1 N–H and O–H groups in total. The van der Waals surface area contributed by atoms with Gasteiger partial charge in [-0.1, -0.05) is 25.4 Å². The molecule has 0 unspecified atom stereocenters. The third-order valence-electron chi connectivity index (χ3n) is 2.92. The summed E-state index contributed by atoms with van der Waals surface area (Å²) in [6.07, 6.45) is 2.99. The molecule has 1 heterocycles. The zero-order valence-electron chi connectivity index (χ0n) is 13.1. The van der Waals surface area contributed by atoms with E-state index in [1.807, 2.05) is 6.07 Å². The van der Waals surface area contributed by atoms with E-state index in [1.165, 1.54) is 6.26 Å². The molecule has 7 heteroatoms. The number of pyridine rings is 1. The van der Waals surface area contributed by atoms with Crippen LogP contribution in [0.1, 0.15) is 19.4 Å². The largest absolute Gasteiger partial charge is 0.357 e. The molecule has 0 radical (unpaired) electrons. The number of sulfone groups is 1. The van der Waals surface area contributed by atoms with Gasteiger partial charge in [-0.15, -0.1) is 0 Å². The fourth-order valence-corrected chi connectivity index (χ4v) is 2.70. The predicted octanol–water partition coefficient (Wildman–Crippen LogP) is 1.96. The van der Waals surface area contributed by atoms with Crippen LogP contribution in [0.4, 0.5) is 5.82 Å². The van der Waals surface area contributed by atoms with Crippen molar-refractivity contribution in [1.82, 2.24) is 10.3 Å². The lowest BCUT2D eigenvalue weighted by atomic mass is 10.2. The highest BCUT2D eigenvalue weighted by Crippen LogP contribution is 2.23. The first-order valence-corrected chi connectivity index (χ1v) is 9.37. The Labute approximate surface area is 132 Å². The first-order chi connectivity index (χ1) is 9.69. The van der Waals surface area contributed by atoms with Gasteiger partial charge in [-0.3, -0.25) is 0 Å². The molecule has 0 aliphatic carbocycles. The molecule has 0 atom stereocenters. The highest BCUT2D eigenvalue weighted by molar-refractivity contribution is 7.90. The van der Waals surface area contributed by atoms with E-state index in [4.69, 9.17) is 11.6 Å². The molecular formula is C14H24ClN3O2S. The van der Waals surface area contributed by atoms with E-state index < -0.39 is 9.84 Å². The van der Waals surface area contributed by atoms with Gasteiger partial charge in [-0.05, 0) is 24.1 Å². The number of nitrogens with zero attached hydrogens (tertiary/aromatic N) is 2. The molecular weight excluding hydrogens is 310 g/mol. The van der Waals surface area contributed by atoms with Crippen LogP contribution < -0.4 is 10.2 Å². The van der Waals surface area contributed by atoms with Crippen molar-refractivity contribution in [2.24, 2.45) is 5.92 Å². The maximum absolute atomic E-state index is 11.2. The molecule has 1 rings (SSSR count). The van der Waals surface area contributed by atoms with Crippen LogP contribution in [-0.2, 0) is 16.4 Å². The summed E-state index contributed by atoms with van der Waals surface area (Å²) in [5.74, 6) is 1.28. The number of anilines is 1. The highest BCUT2D eigenvalue weighted by Gasteiger charge is 2.11. The predicted molar refractivity (Wildman–Crippen MR) is 88.8 cm³/mol. The van der Waals surface area contributed by atoms with Crippen molar-refractivity contribution < 1.29 is 8.42 Å². The lowest BCUT2D eigenvalue weighted by molar-refractivity contribution is 0.552.